The highest BCUT2D eigenvalue weighted by Gasteiger charge is 2.24. The number of amidine groups is 1. The lowest BCUT2D eigenvalue weighted by Gasteiger charge is -2.21. The number of hydrogen-bond donors (Lipinski definition) is 4. The van der Waals surface area contributed by atoms with Gasteiger partial charge >= 0.3 is 5.69 Å². The summed E-state index contributed by atoms with van der Waals surface area (Å²) in [6.07, 6.45) is 0.984. The third kappa shape index (κ3) is 6.76. The third-order valence-corrected chi connectivity index (χ3v) is 6.33. The number of carbonyl (C=O) groups is 1. The fourth-order valence-corrected chi connectivity index (χ4v) is 4.39. The summed E-state index contributed by atoms with van der Waals surface area (Å²) in [6, 6.07) is 18.5. The van der Waals surface area contributed by atoms with E-state index in [1.165, 1.54) is 6.08 Å². The van der Waals surface area contributed by atoms with Crippen LogP contribution in [0.15, 0.2) is 84.2 Å². The molecular formula is C31H34N6O5. The number of hydrogen-bond acceptors (Lipinski definition) is 8. The number of allylic oxidation sites excluding steroid dienone is 1. The molecule has 11 heteroatoms. The van der Waals surface area contributed by atoms with Gasteiger partial charge < -0.3 is 25.3 Å². The highest BCUT2D eigenvalue weighted by atomic mass is 16.5. The predicted molar refractivity (Wildman–Crippen MR) is 161 cm³/mol. The number of carbonyl (C=O) groups excluding carboxylic acids is 1. The first-order chi connectivity index (χ1) is 20.2. The van der Waals surface area contributed by atoms with Crippen LogP contribution >= 0.6 is 0 Å². The number of aromatic amines is 1. The standard InChI is InChI=1S/C31H34N6O5/c1-5-25(38)23-9-7-8-10-24(23)37-31(39)35-30(36-37)28(34-22-14-11-20(12-15-22)29(32)33)21-13-16-26(27(17-21)41-6-2)42-19(3)18-40-4/h5,7-17,19,28,34H,1,6,18H2,2-4H3,(H3,32,33)(H,35,36,39). The van der Waals surface area contributed by atoms with Crippen molar-refractivity contribution in [3.63, 3.8) is 0 Å². The van der Waals surface area contributed by atoms with Gasteiger partial charge in [0.15, 0.2) is 23.1 Å². The molecule has 2 unspecified atom stereocenters. The fourth-order valence-electron chi connectivity index (χ4n) is 4.39. The number of nitrogen functional groups attached to an aromatic ring is 1. The highest BCUT2D eigenvalue weighted by molar-refractivity contribution is 6.06. The number of anilines is 1. The van der Waals surface area contributed by atoms with Gasteiger partial charge in [-0.3, -0.25) is 15.2 Å². The van der Waals surface area contributed by atoms with Crippen LogP contribution in [0.2, 0.25) is 0 Å². The van der Waals surface area contributed by atoms with Gasteiger partial charge in [-0.15, -0.1) is 5.10 Å². The Balaban J connectivity index is 1.81. The van der Waals surface area contributed by atoms with E-state index in [1.807, 2.05) is 26.0 Å². The number of ketones is 1. The van der Waals surface area contributed by atoms with E-state index in [1.54, 1.807) is 61.7 Å². The molecular weight excluding hydrogens is 536 g/mol. The average Bonchev–Trinajstić information content (AvgIpc) is 3.37. The van der Waals surface area contributed by atoms with Crippen LogP contribution in [0.1, 0.15) is 47.2 Å². The van der Waals surface area contributed by atoms with E-state index < -0.39 is 11.7 Å². The van der Waals surface area contributed by atoms with Crippen LogP contribution in [-0.4, -0.2) is 52.8 Å². The molecule has 5 N–H and O–H groups in total. The van der Waals surface area contributed by atoms with Gasteiger partial charge in [0.05, 0.1) is 18.9 Å². The molecule has 11 nitrogen and oxygen atoms in total. The van der Waals surface area contributed by atoms with Gasteiger partial charge in [-0.1, -0.05) is 24.8 Å². The Bertz CT molecular complexity index is 1630. The van der Waals surface area contributed by atoms with E-state index in [9.17, 15) is 9.59 Å². The van der Waals surface area contributed by atoms with Crippen molar-refractivity contribution in [1.82, 2.24) is 14.8 Å². The van der Waals surface area contributed by atoms with Crippen molar-refractivity contribution in [2.24, 2.45) is 5.73 Å². The number of H-pyrrole nitrogens is 1. The molecule has 0 bridgehead atoms. The smallest absolute Gasteiger partial charge is 0.348 e. The number of benzene rings is 3. The van der Waals surface area contributed by atoms with Crippen molar-refractivity contribution >= 4 is 17.3 Å². The molecule has 218 valence electrons. The minimum Gasteiger partial charge on any atom is -0.490 e. The Morgan fingerprint density at radius 2 is 1.90 bits per heavy atom. The number of ether oxygens (including phenoxy) is 3. The maximum Gasteiger partial charge on any atom is 0.348 e. The van der Waals surface area contributed by atoms with Crippen molar-refractivity contribution in [2.45, 2.75) is 26.0 Å². The summed E-state index contributed by atoms with van der Waals surface area (Å²) in [5.41, 5.74) is 7.70. The number of aromatic nitrogens is 3. The summed E-state index contributed by atoms with van der Waals surface area (Å²) in [7, 11) is 1.61. The lowest BCUT2D eigenvalue weighted by atomic mass is 10.0. The molecule has 4 aromatic rings. The molecule has 0 fully saturated rings. The first kappa shape index (κ1) is 29.8. The minimum absolute atomic E-state index is 0.0476. The molecule has 1 aromatic heterocycles. The van der Waals surface area contributed by atoms with E-state index in [2.05, 4.69) is 22.0 Å². The summed E-state index contributed by atoms with van der Waals surface area (Å²) in [6.45, 7) is 8.15. The number of nitrogens with zero attached hydrogens (tertiary/aromatic N) is 2. The molecule has 1 heterocycles. The first-order valence-electron chi connectivity index (χ1n) is 13.3. The summed E-state index contributed by atoms with van der Waals surface area (Å²) in [5.74, 6) is 0.974. The summed E-state index contributed by atoms with van der Waals surface area (Å²) in [5, 5.41) is 15.7. The van der Waals surface area contributed by atoms with Gasteiger partial charge in [0.25, 0.3) is 0 Å². The molecule has 0 amide bonds. The molecule has 0 aliphatic heterocycles. The van der Waals surface area contributed by atoms with E-state index in [0.29, 0.717) is 53.0 Å². The fraction of sp³-hybridized carbons (Fsp3) is 0.226. The largest absolute Gasteiger partial charge is 0.490 e. The summed E-state index contributed by atoms with van der Waals surface area (Å²) >= 11 is 0. The van der Waals surface area contributed by atoms with Gasteiger partial charge in [-0.25, -0.2) is 4.79 Å². The van der Waals surface area contributed by atoms with Crippen LogP contribution in [0.4, 0.5) is 5.69 Å². The van der Waals surface area contributed by atoms with Crippen molar-refractivity contribution in [1.29, 1.82) is 5.41 Å². The Labute approximate surface area is 243 Å². The quantitative estimate of drug-likeness (QED) is 0.0759. The van der Waals surface area contributed by atoms with Crippen LogP contribution in [0.5, 0.6) is 11.5 Å². The maximum atomic E-state index is 13.2. The number of rotatable bonds is 14. The molecule has 42 heavy (non-hydrogen) atoms. The van der Waals surface area contributed by atoms with Crippen LogP contribution in [0, 0.1) is 5.41 Å². The summed E-state index contributed by atoms with van der Waals surface area (Å²) < 4.78 is 18.3. The number of methoxy groups -OCH3 is 1. The van der Waals surface area contributed by atoms with E-state index >= 15 is 0 Å². The summed E-state index contributed by atoms with van der Waals surface area (Å²) in [4.78, 5) is 28.6. The Kier molecular flexibility index (Phi) is 9.56. The third-order valence-electron chi connectivity index (χ3n) is 6.33. The SMILES string of the molecule is C=CC(=O)c1ccccc1-n1nc(C(Nc2ccc(C(=N)N)cc2)c2ccc(OC(C)COC)c(OCC)c2)[nH]c1=O. The number of nitrogens with two attached hydrogens (primary N) is 1. The second kappa shape index (κ2) is 13.5. The Morgan fingerprint density at radius 1 is 1.17 bits per heavy atom. The van der Waals surface area contributed by atoms with E-state index in [0.717, 1.165) is 10.2 Å². The second-order valence-electron chi connectivity index (χ2n) is 9.40. The van der Waals surface area contributed by atoms with Crippen molar-refractivity contribution < 1.29 is 19.0 Å². The van der Waals surface area contributed by atoms with Crippen LogP contribution < -0.4 is 26.2 Å². The van der Waals surface area contributed by atoms with Crippen LogP contribution in [0.25, 0.3) is 5.69 Å². The lowest BCUT2D eigenvalue weighted by molar-refractivity contribution is 0.0894. The van der Waals surface area contributed by atoms with Crippen molar-refractivity contribution in [3.8, 4) is 17.2 Å². The van der Waals surface area contributed by atoms with Crippen LogP contribution in [0.3, 0.4) is 0 Å². The van der Waals surface area contributed by atoms with Crippen molar-refractivity contribution in [2.75, 3.05) is 25.6 Å². The van der Waals surface area contributed by atoms with Crippen molar-refractivity contribution in [3.05, 3.63) is 112 Å². The van der Waals surface area contributed by atoms with Gasteiger partial charge in [0.1, 0.15) is 18.0 Å². The lowest BCUT2D eigenvalue weighted by Crippen LogP contribution is -2.19. The monoisotopic (exact) mass is 570 g/mol. The molecule has 0 aliphatic carbocycles. The minimum atomic E-state index is -0.658. The van der Waals surface area contributed by atoms with Gasteiger partial charge in [0, 0.05) is 23.9 Å². The zero-order chi connectivity index (χ0) is 30.2. The zero-order valence-electron chi connectivity index (χ0n) is 23.7. The molecule has 0 spiro atoms. The molecule has 0 radical (unpaired) electrons. The van der Waals surface area contributed by atoms with E-state index in [-0.39, 0.29) is 17.7 Å². The van der Waals surface area contributed by atoms with Gasteiger partial charge in [-0.2, -0.15) is 4.68 Å². The maximum absolute atomic E-state index is 13.2. The zero-order valence-corrected chi connectivity index (χ0v) is 23.7. The second-order valence-corrected chi connectivity index (χ2v) is 9.40. The van der Waals surface area contributed by atoms with E-state index in [4.69, 9.17) is 25.4 Å². The molecule has 3 aromatic carbocycles. The molecule has 0 saturated heterocycles. The van der Waals surface area contributed by atoms with Gasteiger partial charge in [0.2, 0.25) is 0 Å². The topological polar surface area (TPSA) is 157 Å². The number of nitrogens with one attached hydrogen (secondary N) is 3. The first-order valence-corrected chi connectivity index (χ1v) is 13.3. The Morgan fingerprint density at radius 3 is 2.57 bits per heavy atom. The van der Waals surface area contributed by atoms with Crippen LogP contribution in [-0.2, 0) is 4.74 Å². The molecule has 0 aliphatic rings. The number of para-hydroxylation sites is 1. The molecule has 4 rings (SSSR count). The predicted octanol–water partition coefficient (Wildman–Crippen LogP) is 4.23. The molecule has 0 saturated carbocycles. The van der Waals surface area contributed by atoms with Gasteiger partial charge in [-0.05, 0) is 74.0 Å². The Hall–Kier alpha value is -5.16. The highest BCUT2D eigenvalue weighted by Crippen LogP contribution is 2.34. The normalized spacial score (nSPS) is 12.3. The molecule has 2 atom stereocenters. The average molecular weight is 571 g/mol.